The number of rotatable bonds is 1. The van der Waals surface area contributed by atoms with Crippen molar-refractivity contribution in [3.05, 3.63) is 0 Å². The van der Waals surface area contributed by atoms with Crippen LogP contribution in [-0.2, 0) is 4.79 Å². The van der Waals surface area contributed by atoms with Gasteiger partial charge in [0.15, 0.2) is 0 Å². The molecule has 5 heteroatoms. The number of nitrogens with one attached hydrogen (secondary N) is 1. The van der Waals surface area contributed by atoms with Crippen molar-refractivity contribution in [1.29, 1.82) is 0 Å². The molecule has 1 heterocycles. The van der Waals surface area contributed by atoms with E-state index in [2.05, 4.69) is 0 Å². The van der Waals surface area contributed by atoms with Crippen LogP contribution in [0, 0.1) is 0 Å². The summed E-state index contributed by atoms with van der Waals surface area (Å²) in [6.45, 7) is 0.331. The molecular weight excluding hydrogens is 136 g/mol. The van der Waals surface area contributed by atoms with E-state index in [4.69, 9.17) is 16.1 Å². The number of carboxylic acid groups (broad SMARTS) is 1. The van der Waals surface area contributed by atoms with Crippen LogP contribution in [0.1, 0.15) is 6.42 Å². The molecule has 0 spiro atoms. The Bertz CT molecular complexity index is 140. The molecule has 0 aromatic heterocycles. The number of aliphatic carboxylic acids is 1. The van der Waals surface area contributed by atoms with E-state index in [1.807, 2.05) is 0 Å². The van der Waals surface area contributed by atoms with Crippen molar-refractivity contribution in [2.24, 2.45) is 0 Å². The number of nitrogens with zero attached hydrogens (tertiary/aromatic N) is 1. The van der Waals surface area contributed by atoms with Crippen molar-refractivity contribution >= 4 is 5.97 Å². The lowest BCUT2D eigenvalue weighted by atomic mass is 10.2. The Kier molecular flexibility index (Phi) is 1.89. The summed E-state index contributed by atoms with van der Waals surface area (Å²) in [5.74, 6) is 5.92. The molecule has 1 saturated heterocycles. The highest BCUT2D eigenvalue weighted by atomic mass is 16.4. The summed E-state index contributed by atoms with van der Waals surface area (Å²) in [7, 11) is 0. The molecule has 1 fully saturated rings. The van der Waals surface area contributed by atoms with E-state index in [0.717, 1.165) is 5.01 Å². The molecule has 5 nitrogen and oxygen atoms in total. The summed E-state index contributed by atoms with van der Waals surface area (Å²) in [6.07, 6.45) is -0.504. The minimum absolute atomic E-state index is 0.331. The Balaban J connectivity index is 2.63. The fraction of sp³-hybridized carbons (Fsp3) is 0.800. The molecule has 1 rings (SSSR count). The van der Waals surface area contributed by atoms with Crippen LogP contribution in [0.2, 0.25) is 0 Å². The van der Waals surface area contributed by atoms with E-state index in [1.165, 1.54) is 0 Å². The molecule has 57 valence electrons. The molecular formula is C5H9N2O3. The quantitative estimate of drug-likeness (QED) is 0.480. The molecule has 0 aliphatic carbocycles. The van der Waals surface area contributed by atoms with E-state index in [0.29, 0.717) is 13.0 Å². The zero-order chi connectivity index (χ0) is 7.72. The van der Waals surface area contributed by atoms with E-state index < -0.39 is 18.1 Å². The second kappa shape index (κ2) is 2.53. The molecule has 1 aliphatic rings. The lowest BCUT2D eigenvalue weighted by Crippen LogP contribution is -2.40. The Morgan fingerprint density at radius 2 is 2.30 bits per heavy atom. The van der Waals surface area contributed by atoms with Gasteiger partial charge in [0.05, 0.1) is 6.10 Å². The highest BCUT2D eigenvalue weighted by Crippen LogP contribution is 2.14. The number of aliphatic hydroxyl groups excluding tert-OH is 1. The summed E-state index contributed by atoms with van der Waals surface area (Å²) in [5.41, 5.74) is 0. The van der Waals surface area contributed by atoms with Crippen molar-refractivity contribution in [1.82, 2.24) is 10.9 Å². The lowest BCUT2D eigenvalue weighted by Gasteiger charge is -2.14. The van der Waals surface area contributed by atoms with Crippen molar-refractivity contribution in [3.8, 4) is 0 Å². The molecule has 2 atom stereocenters. The van der Waals surface area contributed by atoms with E-state index in [1.54, 1.807) is 0 Å². The van der Waals surface area contributed by atoms with E-state index in [9.17, 15) is 4.79 Å². The fourth-order valence-electron chi connectivity index (χ4n) is 1.07. The maximum absolute atomic E-state index is 10.3. The van der Waals surface area contributed by atoms with Crippen molar-refractivity contribution < 1.29 is 15.0 Å². The summed E-state index contributed by atoms with van der Waals surface area (Å²) in [5, 5.41) is 18.3. The molecule has 1 unspecified atom stereocenters. The maximum atomic E-state index is 10.3. The SMILES string of the molecule is [NH]N1CCC(O)[C@H]1C(=O)O. The summed E-state index contributed by atoms with van der Waals surface area (Å²) in [6, 6.07) is -1.03. The summed E-state index contributed by atoms with van der Waals surface area (Å²) < 4.78 is 0. The predicted octanol–water partition coefficient (Wildman–Crippen LogP) is -1.30. The second-order valence-corrected chi connectivity index (χ2v) is 2.33. The smallest absolute Gasteiger partial charge is 0.325 e. The van der Waals surface area contributed by atoms with E-state index in [-0.39, 0.29) is 0 Å². The van der Waals surface area contributed by atoms with Gasteiger partial charge in [0.1, 0.15) is 6.04 Å². The van der Waals surface area contributed by atoms with Gasteiger partial charge < -0.3 is 10.2 Å². The van der Waals surface area contributed by atoms with Crippen LogP contribution in [0.3, 0.4) is 0 Å². The second-order valence-electron chi connectivity index (χ2n) is 2.33. The Morgan fingerprint density at radius 3 is 2.50 bits per heavy atom. The van der Waals surface area contributed by atoms with Gasteiger partial charge >= 0.3 is 5.97 Å². The molecule has 1 aliphatic heterocycles. The van der Waals surface area contributed by atoms with Crippen LogP contribution < -0.4 is 5.84 Å². The molecule has 10 heavy (non-hydrogen) atoms. The first kappa shape index (κ1) is 7.46. The Morgan fingerprint density at radius 1 is 1.70 bits per heavy atom. The standard InChI is InChI=1S/C5H9N2O3/c6-7-2-1-3(8)4(7)5(9)10/h3-4,6,8H,1-2H2,(H,9,10)/t3?,4-/m0/s1. The van der Waals surface area contributed by atoms with Crippen molar-refractivity contribution in [2.45, 2.75) is 18.6 Å². The molecule has 0 saturated carbocycles. The fourth-order valence-corrected chi connectivity index (χ4v) is 1.07. The molecule has 1 radical (unpaired) electrons. The van der Waals surface area contributed by atoms with Crippen molar-refractivity contribution in [2.75, 3.05) is 6.54 Å². The van der Waals surface area contributed by atoms with Crippen LogP contribution >= 0.6 is 0 Å². The van der Waals surface area contributed by atoms with Gasteiger partial charge in [-0.25, -0.2) is 5.01 Å². The monoisotopic (exact) mass is 145 g/mol. The minimum Gasteiger partial charge on any atom is -0.480 e. The molecule has 0 bridgehead atoms. The topological polar surface area (TPSA) is 84.6 Å². The Hall–Kier alpha value is -0.650. The number of hydrogen-bond donors (Lipinski definition) is 2. The number of carboxylic acids is 1. The first-order valence-corrected chi connectivity index (χ1v) is 3.01. The molecule has 0 aromatic rings. The van der Waals surface area contributed by atoms with Gasteiger partial charge in [0.2, 0.25) is 0 Å². The van der Waals surface area contributed by atoms with Gasteiger partial charge in [-0.15, -0.1) is 0 Å². The largest absolute Gasteiger partial charge is 0.480 e. The molecule has 3 N–H and O–H groups in total. The number of hydrogen-bond acceptors (Lipinski definition) is 3. The predicted molar refractivity (Wildman–Crippen MR) is 31.9 cm³/mol. The third-order valence-corrected chi connectivity index (χ3v) is 1.62. The zero-order valence-electron chi connectivity index (χ0n) is 5.32. The highest BCUT2D eigenvalue weighted by molar-refractivity contribution is 5.74. The van der Waals surface area contributed by atoms with Crippen LogP contribution in [0.5, 0.6) is 0 Å². The Labute approximate surface area is 58.0 Å². The average Bonchev–Trinajstić information content (AvgIpc) is 2.11. The first-order valence-electron chi connectivity index (χ1n) is 3.01. The van der Waals surface area contributed by atoms with E-state index >= 15 is 0 Å². The first-order chi connectivity index (χ1) is 4.63. The number of aliphatic hydroxyl groups is 1. The van der Waals surface area contributed by atoms with Gasteiger partial charge in [-0.1, -0.05) is 0 Å². The highest BCUT2D eigenvalue weighted by Gasteiger charge is 2.36. The van der Waals surface area contributed by atoms with Gasteiger partial charge in [-0.05, 0) is 6.42 Å². The van der Waals surface area contributed by atoms with Crippen LogP contribution in [-0.4, -0.2) is 39.9 Å². The average molecular weight is 145 g/mol. The van der Waals surface area contributed by atoms with Crippen LogP contribution in [0.25, 0.3) is 0 Å². The van der Waals surface area contributed by atoms with Crippen molar-refractivity contribution in [3.63, 3.8) is 0 Å². The van der Waals surface area contributed by atoms with Crippen LogP contribution in [0.15, 0.2) is 0 Å². The molecule has 0 aromatic carbocycles. The van der Waals surface area contributed by atoms with Gasteiger partial charge in [-0.3, -0.25) is 4.79 Å². The third kappa shape index (κ3) is 1.11. The summed E-state index contributed by atoms with van der Waals surface area (Å²) >= 11 is 0. The van der Waals surface area contributed by atoms with Gasteiger partial charge in [0.25, 0.3) is 0 Å². The summed E-state index contributed by atoms with van der Waals surface area (Å²) in [4.78, 5) is 10.3. The normalized spacial score (nSPS) is 34.6. The lowest BCUT2D eigenvalue weighted by molar-refractivity contribution is -0.145. The van der Waals surface area contributed by atoms with Gasteiger partial charge in [-0.2, -0.15) is 5.84 Å². The molecule has 0 amide bonds. The van der Waals surface area contributed by atoms with Gasteiger partial charge in [0, 0.05) is 6.54 Å². The zero-order valence-corrected chi connectivity index (χ0v) is 5.32. The van der Waals surface area contributed by atoms with Crippen LogP contribution in [0.4, 0.5) is 0 Å². The third-order valence-electron chi connectivity index (χ3n) is 1.62. The maximum Gasteiger partial charge on any atom is 0.325 e. The number of carbonyl (C=O) groups is 1. The minimum atomic E-state index is -1.12.